The fourth-order valence-corrected chi connectivity index (χ4v) is 3.64. The number of ether oxygens (including phenoxy) is 2. The number of aryl methyl sites for hydroxylation is 2. The average Bonchev–Trinajstić information content (AvgIpc) is 3.24. The van der Waals surface area contributed by atoms with Crippen LogP contribution in [0.25, 0.3) is 5.78 Å². The molecule has 0 atom stereocenters. The van der Waals surface area contributed by atoms with E-state index in [4.69, 9.17) is 9.47 Å². The Kier molecular flexibility index (Phi) is 6.86. The highest BCUT2D eigenvalue weighted by Crippen LogP contribution is 2.27. The van der Waals surface area contributed by atoms with Crippen LogP contribution in [0.4, 0.5) is 5.69 Å². The fraction of sp³-hybridized carbons (Fsp3) is 0.308. The van der Waals surface area contributed by atoms with Crippen molar-refractivity contribution < 1.29 is 14.3 Å². The molecular weight excluding hydrogens is 446 g/mol. The minimum Gasteiger partial charge on any atom is -0.485 e. The molecule has 0 saturated carbocycles. The Morgan fingerprint density at radius 3 is 2.63 bits per heavy atom. The maximum absolute atomic E-state index is 12.6. The molecule has 0 spiro atoms. The van der Waals surface area contributed by atoms with E-state index in [1.807, 2.05) is 65.0 Å². The van der Waals surface area contributed by atoms with Crippen molar-refractivity contribution in [1.82, 2.24) is 19.2 Å². The van der Waals surface area contributed by atoms with Gasteiger partial charge in [0.2, 0.25) is 0 Å². The first-order chi connectivity index (χ1) is 16.7. The number of hydrogen-bond acceptors (Lipinski definition) is 6. The molecule has 2 heterocycles. The van der Waals surface area contributed by atoms with Gasteiger partial charge >= 0.3 is 0 Å². The zero-order valence-electron chi connectivity index (χ0n) is 20.5. The summed E-state index contributed by atoms with van der Waals surface area (Å²) in [7, 11) is 0. The predicted molar refractivity (Wildman–Crippen MR) is 133 cm³/mol. The van der Waals surface area contributed by atoms with E-state index in [2.05, 4.69) is 15.3 Å². The highest BCUT2D eigenvalue weighted by Gasteiger charge is 2.13. The molecule has 0 radical (unpaired) electrons. The van der Waals surface area contributed by atoms with E-state index >= 15 is 0 Å². The number of benzene rings is 2. The van der Waals surface area contributed by atoms with Gasteiger partial charge in [-0.15, -0.1) is 0 Å². The van der Waals surface area contributed by atoms with Gasteiger partial charge < -0.3 is 14.8 Å². The maximum Gasteiger partial charge on any atom is 0.274 e. The molecule has 9 nitrogen and oxygen atoms in total. The van der Waals surface area contributed by atoms with Crippen LogP contribution in [0.5, 0.6) is 11.5 Å². The third kappa shape index (κ3) is 5.34. The zero-order valence-corrected chi connectivity index (χ0v) is 20.5. The van der Waals surface area contributed by atoms with E-state index in [1.165, 1.54) is 10.6 Å². The van der Waals surface area contributed by atoms with Gasteiger partial charge in [0.05, 0.1) is 11.4 Å². The van der Waals surface area contributed by atoms with Crippen LogP contribution >= 0.6 is 0 Å². The molecule has 4 aromatic rings. The highest BCUT2D eigenvalue weighted by molar-refractivity contribution is 5.93. The van der Waals surface area contributed by atoms with Crippen molar-refractivity contribution in [1.29, 1.82) is 0 Å². The van der Waals surface area contributed by atoms with Gasteiger partial charge in [-0.3, -0.25) is 14.3 Å². The summed E-state index contributed by atoms with van der Waals surface area (Å²) in [5.41, 5.74) is 3.78. The van der Waals surface area contributed by atoms with Crippen LogP contribution in [0.3, 0.4) is 0 Å². The molecule has 4 rings (SSSR count). The normalized spacial score (nSPS) is 11.1. The summed E-state index contributed by atoms with van der Waals surface area (Å²) in [6.45, 7) is 9.72. The average molecular weight is 476 g/mol. The lowest BCUT2D eigenvalue weighted by molar-refractivity contribution is -0.118. The van der Waals surface area contributed by atoms with Crippen molar-refractivity contribution in [3.8, 4) is 11.5 Å². The van der Waals surface area contributed by atoms with Gasteiger partial charge in [0.1, 0.15) is 24.4 Å². The van der Waals surface area contributed by atoms with E-state index in [-0.39, 0.29) is 30.7 Å². The van der Waals surface area contributed by atoms with E-state index in [1.54, 1.807) is 17.1 Å². The number of aromatic nitrogens is 4. The molecule has 2 aromatic carbocycles. The second-order valence-electron chi connectivity index (χ2n) is 8.74. The molecule has 1 N–H and O–H groups in total. The van der Waals surface area contributed by atoms with Crippen LogP contribution < -0.4 is 20.3 Å². The van der Waals surface area contributed by atoms with E-state index in [0.717, 1.165) is 16.7 Å². The number of amides is 1. The summed E-state index contributed by atoms with van der Waals surface area (Å²) in [6.07, 6.45) is 1.59. The summed E-state index contributed by atoms with van der Waals surface area (Å²) in [5, 5.41) is 2.86. The number of anilines is 1. The number of fused-ring (bicyclic) bond motifs is 1. The van der Waals surface area contributed by atoms with Crippen LogP contribution in [-0.2, 0) is 11.4 Å². The first-order valence-electron chi connectivity index (χ1n) is 11.4. The summed E-state index contributed by atoms with van der Waals surface area (Å²) in [4.78, 5) is 33.9. The smallest absolute Gasteiger partial charge is 0.274 e. The largest absolute Gasteiger partial charge is 0.485 e. The Labute approximate surface area is 203 Å². The zero-order chi connectivity index (χ0) is 25.1. The predicted octanol–water partition coefficient (Wildman–Crippen LogP) is 3.99. The van der Waals surface area contributed by atoms with Gasteiger partial charge in [-0.25, -0.2) is 4.98 Å². The fourth-order valence-electron chi connectivity index (χ4n) is 3.64. The molecule has 1 amide bonds. The Morgan fingerprint density at radius 1 is 1.06 bits per heavy atom. The van der Waals surface area contributed by atoms with Crippen molar-refractivity contribution in [2.24, 2.45) is 0 Å². The first-order valence-corrected chi connectivity index (χ1v) is 11.4. The van der Waals surface area contributed by atoms with Crippen LogP contribution in [-0.4, -0.2) is 31.7 Å². The molecule has 0 aliphatic rings. The van der Waals surface area contributed by atoms with E-state index < -0.39 is 0 Å². The van der Waals surface area contributed by atoms with E-state index in [0.29, 0.717) is 28.7 Å². The molecule has 0 saturated heterocycles. The Balaban J connectivity index is 1.46. The molecule has 0 aliphatic carbocycles. The molecule has 0 fully saturated rings. The van der Waals surface area contributed by atoms with Crippen molar-refractivity contribution in [2.45, 2.75) is 47.3 Å². The second-order valence-corrected chi connectivity index (χ2v) is 8.74. The van der Waals surface area contributed by atoms with Crippen LogP contribution in [0, 0.1) is 20.8 Å². The lowest BCUT2D eigenvalue weighted by Gasteiger charge is -2.14. The second kappa shape index (κ2) is 10.0. The number of carbonyl (C=O) groups excluding carboxylic acids is 1. The van der Waals surface area contributed by atoms with Crippen LogP contribution in [0.15, 0.2) is 53.6 Å². The summed E-state index contributed by atoms with van der Waals surface area (Å²) in [6, 6.07) is 12.7. The highest BCUT2D eigenvalue weighted by atomic mass is 16.5. The van der Waals surface area contributed by atoms with Gasteiger partial charge in [0.25, 0.3) is 17.2 Å². The van der Waals surface area contributed by atoms with Gasteiger partial charge in [-0.2, -0.15) is 9.50 Å². The van der Waals surface area contributed by atoms with E-state index in [9.17, 15) is 9.59 Å². The number of hydrogen-bond donors (Lipinski definition) is 1. The first kappa shape index (κ1) is 24.0. The standard InChI is InChI=1S/C26H29N5O4/c1-16(2)30-15-27-26-28-20(12-25(33)31(26)30)13-34-23-10-9-17(3)11-21(23)29-24(32)14-35-22-8-6-7-18(4)19(22)5/h6-12,15-16H,13-14H2,1-5H3,(H,29,32). The molecule has 0 unspecified atom stereocenters. The minimum absolute atomic E-state index is 0.0468. The lowest BCUT2D eigenvalue weighted by Crippen LogP contribution is -2.23. The minimum atomic E-state index is -0.307. The molecule has 35 heavy (non-hydrogen) atoms. The van der Waals surface area contributed by atoms with Gasteiger partial charge in [-0.1, -0.05) is 18.2 Å². The molecule has 182 valence electrons. The quantitative estimate of drug-likeness (QED) is 0.414. The monoisotopic (exact) mass is 475 g/mol. The Morgan fingerprint density at radius 2 is 1.86 bits per heavy atom. The van der Waals surface area contributed by atoms with Gasteiger partial charge in [-0.05, 0) is 69.5 Å². The molecule has 0 bridgehead atoms. The lowest BCUT2D eigenvalue weighted by atomic mass is 10.1. The van der Waals surface area contributed by atoms with Gasteiger partial charge in [0.15, 0.2) is 6.61 Å². The molecule has 2 aromatic heterocycles. The number of carbonyl (C=O) groups is 1. The SMILES string of the molecule is Cc1ccc(OCc2cc(=O)n3c(ncn3C(C)C)n2)c(NC(=O)COc2cccc(C)c2C)c1. The number of rotatable bonds is 8. The third-order valence-corrected chi connectivity index (χ3v) is 5.68. The van der Waals surface area contributed by atoms with Crippen LogP contribution in [0.2, 0.25) is 0 Å². The maximum atomic E-state index is 12.6. The third-order valence-electron chi connectivity index (χ3n) is 5.68. The van der Waals surface area contributed by atoms with Crippen molar-refractivity contribution >= 4 is 17.4 Å². The Hall–Kier alpha value is -4.14. The summed E-state index contributed by atoms with van der Waals surface area (Å²) < 4.78 is 14.8. The van der Waals surface area contributed by atoms with Crippen LogP contribution in [0.1, 0.15) is 42.3 Å². The molecule has 0 aliphatic heterocycles. The summed E-state index contributed by atoms with van der Waals surface area (Å²) in [5.74, 6) is 1.14. The summed E-state index contributed by atoms with van der Waals surface area (Å²) >= 11 is 0. The molecule has 9 heteroatoms. The van der Waals surface area contributed by atoms with Crippen molar-refractivity contribution in [2.75, 3.05) is 11.9 Å². The van der Waals surface area contributed by atoms with Crippen molar-refractivity contribution in [3.63, 3.8) is 0 Å². The topological polar surface area (TPSA) is 99.8 Å². The van der Waals surface area contributed by atoms with Gasteiger partial charge in [0, 0.05) is 12.1 Å². The number of nitrogens with one attached hydrogen (secondary N) is 1. The van der Waals surface area contributed by atoms with Crippen molar-refractivity contribution in [3.05, 3.63) is 81.5 Å². The molecular formula is C26H29N5O4. The Bertz CT molecular complexity index is 1440. The number of nitrogens with zero attached hydrogens (tertiary/aromatic N) is 4.